The first-order valence-corrected chi connectivity index (χ1v) is 20.3. The highest BCUT2D eigenvalue weighted by Crippen LogP contribution is 2.33. The van der Waals surface area contributed by atoms with Crippen molar-refractivity contribution in [1.29, 1.82) is 0 Å². The molecule has 54 heavy (non-hydrogen) atoms. The number of nitrogens with zero attached hydrogens (tertiary/aromatic N) is 4. The highest BCUT2D eigenvalue weighted by molar-refractivity contribution is 5.94. The molecule has 0 bridgehead atoms. The molecular weight excluding hydrogens is 681 g/mol. The maximum absolute atomic E-state index is 14.3. The van der Waals surface area contributed by atoms with Crippen LogP contribution in [0.4, 0.5) is 10.5 Å². The van der Waals surface area contributed by atoms with Gasteiger partial charge in [0.1, 0.15) is 6.04 Å². The van der Waals surface area contributed by atoms with Gasteiger partial charge < -0.3 is 29.7 Å². The molecule has 2 N–H and O–H groups in total. The number of hydrogen-bond acceptors (Lipinski definition) is 6. The minimum absolute atomic E-state index is 0.00145. The number of aryl methyl sites for hydroxylation is 2. The molecule has 3 aromatic rings. The lowest BCUT2D eigenvalue weighted by Crippen LogP contribution is -2.55. The molecule has 0 saturated carbocycles. The van der Waals surface area contributed by atoms with Crippen molar-refractivity contribution in [2.45, 2.75) is 76.7 Å². The first kappa shape index (κ1) is 37.9. The topological polar surface area (TPSA) is 116 Å². The minimum Gasteiger partial charge on any atom is -0.468 e. The molecule has 3 saturated heterocycles. The number of piperidine rings is 3. The molecule has 0 radical (unpaired) electrons. The lowest BCUT2D eigenvalue weighted by atomic mass is 9.78. The number of carbonyl (C=O) groups excluding carboxylic acids is 4. The molecule has 2 unspecified atom stereocenters. The van der Waals surface area contributed by atoms with Crippen LogP contribution in [0.2, 0.25) is 0 Å². The van der Waals surface area contributed by atoms with Crippen LogP contribution in [-0.4, -0.2) is 102 Å². The molecule has 290 valence electrons. The van der Waals surface area contributed by atoms with Gasteiger partial charge in [-0.1, -0.05) is 24.3 Å². The van der Waals surface area contributed by atoms with E-state index in [1.54, 1.807) is 0 Å². The van der Waals surface area contributed by atoms with E-state index >= 15 is 0 Å². The number of para-hydroxylation sites is 1. The van der Waals surface area contributed by atoms with Crippen molar-refractivity contribution in [3.63, 3.8) is 0 Å². The average molecular weight is 739 g/mol. The predicted octanol–water partition coefficient (Wildman–Crippen LogP) is 5.62. The molecule has 2 atom stereocenters. The van der Waals surface area contributed by atoms with Gasteiger partial charge in [-0.2, -0.15) is 0 Å². The highest BCUT2D eigenvalue weighted by Gasteiger charge is 2.35. The van der Waals surface area contributed by atoms with Gasteiger partial charge in [-0.05, 0) is 136 Å². The van der Waals surface area contributed by atoms with E-state index in [4.69, 9.17) is 4.74 Å². The van der Waals surface area contributed by atoms with Gasteiger partial charge in [0.25, 0.3) is 0 Å². The summed E-state index contributed by atoms with van der Waals surface area (Å²) in [5.41, 5.74) is 4.32. The van der Waals surface area contributed by atoms with Crippen LogP contribution in [0.1, 0.15) is 68.9 Å². The standard InChI is InChI=1S/C43H58N6O5/c1-46-20-15-36-27-31(8-12-39(36)46)28-38(42(52)48-25-18-33(19-26-48)32-16-21-47(22-17-32)29-40(50)54-2)45-43(53)49-23-13-30(14-24-49)7-9-35-11-10-34-5-3-4-6-37(34)44-41(35)51/h3-6,8,12,15,20,27,30,32-33,35,38H,7,9-11,13-14,16-19,21-26,28-29H2,1-2H3,(H,44,51)(H,45,53). The molecule has 11 nitrogen and oxygen atoms in total. The van der Waals surface area contributed by atoms with Gasteiger partial charge in [-0.25, -0.2) is 4.79 Å². The van der Waals surface area contributed by atoms with Gasteiger partial charge in [0.15, 0.2) is 0 Å². The summed E-state index contributed by atoms with van der Waals surface area (Å²) in [7, 11) is 3.47. The summed E-state index contributed by atoms with van der Waals surface area (Å²) < 4.78 is 6.94. The number of fused-ring (bicyclic) bond motifs is 2. The highest BCUT2D eigenvalue weighted by atomic mass is 16.5. The van der Waals surface area contributed by atoms with Crippen LogP contribution in [0, 0.1) is 23.7 Å². The van der Waals surface area contributed by atoms with Crippen LogP contribution in [0.3, 0.4) is 0 Å². The zero-order valence-corrected chi connectivity index (χ0v) is 32.1. The van der Waals surface area contributed by atoms with Crippen molar-refractivity contribution >= 4 is 40.4 Å². The van der Waals surface area contributed by atoms with E-state index in [1.165, 1.54) is 12.7 Å². The zero-order chi connectivity index (χ0) is 37.6. The van der Waals surface area contributed by atoms with E-state index in [9.17, 15) is 19.2 Å². The maximum atomic E-state index is 14.3. The second-order valence-electron chi connectivity index (χ2n) is 16.3. The van der Waals surface area contributed by atoms with Gasteiger partial charge in [0, 0.05) is 63.0 Å². The number of ether oxygens (including phenoxy) is 1. The molecule has 2 aromatic carbocycles. The third-order valence-corrected chi connectivity index (χ3v) is 12.9. The molecule has 7 rings (SSSR count). The number of hydrogen-bond donors (Lipinski definition) is 2. The number of nitrogens with one attached hydrogen (secondary N) is 2. The fraction of sp³-hybridized carbons (Fsp3) is 0.581. The molecule has 4 aliphatic heterocycles. The van der Waals surface area contributed by atoms with E-state index < -0.39 is 6.04 Å². The predicted molar refractivity (Wildman–Crippen MR) is 210 cm³/mol. The quantitative estimate of drug-likeness (QED) is 0.261. The first-order valence-electron chi connectivity index (χ1n) is 20.3. The Bertz CT molecular complexity index is 1780. The van der Waals surface area contributed by atoms with E-state index in [0.29, 0.717) is 56.9 Å². The fourth-order valence-electron chi connectivity index (χ4n) is 9.47. The molecule has 1 aromatic heterocycles. The van der Waals surface area contributed by atoms with E-state index in [1.807, 2.05) is 41.2 Å². The van der Waals surface area contributed by atoms with Gasteiger partial charge >= 0.3 is 12.0 Å². The summed E-state index contributed by atoms with van der Waals surface area (Å²) in [5, 5.41) is 7.46. The second kappa shape index (κ2) is 17.4. The number of esters is 1. The van der Waals surface area contributed by atoms with Crippen molar-refractivity contribution in [2.75, 3.05) is 58.2 Å². The van der Waals surface area contributed by atoms with E-state index in [-0.39, 0.29) is 29.7 Å². The Morgan fingerprint density at radius 2 is 1.56 bits per heavy atom. The monoisotopic (exact) mass is 738 g/mol. The van der Waals surface area contributed by atoms with Gasteiger partial charge in [0.2, 0.25) is 11.8 Å². The Hall–Kier alpha value is -4.38. The number of carbonyl (C=O) groups is 4. The number of anilines is 1. The number of likely N-dealkylation sites (tertiary alicyclic amines) is 3. The summed E-state index contributed by atoms with van der Waals surface area (Å²) >= 11 is 0. The smallest absolute Gasteiger partial charge is 0.319 e. The lowest BCUT2D eigenvalue weighted by molar-refractivity contribution is -0.142. The Kier molecular flexibility index (Phi) is 12.2. The van der Waals surface area contributed by atoms with Crippen molar-refractivity contribution in [3.05, 3.63) is 65.9 Å². The molecule has 11 heteroatoms. The third-order valence-electron chi connectivity index (χ3n) is 12.9. The first-order chi connectivity index (χ1) is 26.2. The number of methoxy groups -OCH3 is 1. The summed E-state index contributed by atoms with van der Waals surface area (Å²) in [4.78, 5) is 58.8. The van der Waals surface area contributed by atoms with Crippen molar-refractivity contribution in [3.8, 4) is 0 Å². The average Bonchev–Trinajstić information content (AvgIpc) is 3.48. The number of urea groups is 1. The SMILES string of the molecule is COC(=O)CN1CCC(C2CCN(C(=O)C(Cc3ccc4c(ccn4C)c3)NC(=O)N3CCC(CCC4CCc5ccccc5NC4=O)CC3)CC2)CC1. The zero-order valence-electron chi connectivity index (χ0n) is 32.1. The summed E-state index contributed by atoms with van der Waals surface area (Å²) in [6.07, 6.45) is 12.0. The van der Waals surface area contributed by atoms with Gasteiger partial charge in [0.05, 0.1) is 13.7 Å². The van der Waals surface area contributed by atoms with Gasteiger partial charge in [-0.15, -0.1) is 0 Å². The van der Waals surface area contributed by atoms with Crippen LogP contribution >= 0.6 is 0 Å². The van der Waals surface area contributed by atoms with Crippen LogP contribution in [0.5, 0.6) is 0 Å². The van der Waals surface area contributed by atoms with Crippen LogP contribution in [0.15, 0.2) is 54.7 Å². The molecular formula is C43H58N6O5. The summed E-state index contributed by atoms with van der Waals surface area (Å²) in [6, 6.07) is 15.7. The molecule has 4 amide bonds. The summed E-state index contributed by atoms with van der Waals surface area (Å²) in [6.45, 7) is 4.87. The van der Waals surface area contributed by atoms with E-state index in [0.717, 1.165) is 99.5 Å². The Morgan fingerprint density at radius 1 is 0.852 bits per heavy atom. The largest absolute Gasteiger partial charge is 0.468 e. The molecule has 5 heterocycles. The Balaban J connectivity index is 0.925. The normalized spacial score (nSPS) is 21.3. The number of amides is 4. The number of benzene rings is 2. The Morgan fingerprint density at radius 3 is 2.30 bits per heavy atom. The molecule has 4 aliphatic rings. The van der Waals surface area contributed by atoms with Gasteiger partial charge in [-0.3, -0.25) is 19.3 Å². The molecule has 3 fully saturated rings. The minimum atomic E-state index is -0.646. The van der Waals surface area contributed by atoms with Crippen molar-refractivity contribution in [2.24, 2.45) is 30.7 Å². The third kappa shape index (κ3) is 9.10. The fourth-order valence-corrected chi connectivity index (χ4v) is 9.47. The van der Waals surface area contributed by atoms with Crippen LogP contribution < -0.4 is 10.6 Å². The van der Waals surface area contributed by atoms with E-state index in [2.05, 4.69) is 50.4 Å². The molecule has 0 aliphatic carbocycles. The second-order valence-corrected chi connectivity index (χ2v) is 16.3. The van der Waals surface area contributed by atoms with Crippen molar-refractivity contribution in [1.82, 2.24) is 24.6 Å². The Labute approximate surface area is 319 Å². The van der Waals surface area contributed by atoms with Crippen LogP contribution in [0.25, 0.3) is 10.9 Å². The maximum Gasteiger partial charge on any atom is 0.319 e. The van der Waals surface area contributed by atoms with Crippen LogP contribution in [-0.2, 0) is 39.0 Å². The summed E-state index contributed by atoms with van der Waals surface area (Å²) in [5.74, 6) is 1.60. The molecule has 0 spiro atoms. The van der Waals surface area contributed by atoms with Crippen molar-refractivity contribution < 1.29 is 23.9 Å². The lowest BCUT2D eigenvalue weighted by Gasteiger charge is -2.41. The number of rotatable bonds is 10. The number of aromatic nitrogens is 1.